The molecule has 1 aromatic carbocycles. The van der Waals surface area contributed by atoms with Crippen LogP contribution in [0.15, 0.2) is 30.3 Å². The Kier molecular flexibility index (Phi) is 3.90. The van der Waals surface area contributed by atoms with Crippen LogP contribution in [0.3, 0.4) is 0 Å². The van der Waals surface area contributed by atoms with E-state index in [1.165, 1.54) is 0 Å². The van der Waals surface area contributed by atoms with Crippen molar-refractivity contribution < 1.29 is 5.11 Å². The molecular formula is C13H17NO. The highest BCUT2D eigenvalue weighted by Crippen LogP contribution is 2.00. The van der Waals surface area contributed by atoms with E-state index in [-0.39, 0.29) is 5.54 Å². The van der Waals surface area contributed by atoms with E-state index in [1.807, 2.05) is 51.1 Å². The number of rotatable bonds is 1. The van der Waals surface area contributed by atoms with Crippen molar-refractivity contribution in [2.45, 2.75) is 32.5 Å². The number of hydrogen-bond donors (Lipinski definition) is 2. The molecule has 1 atom stereocenters. The van der Waals surface area contributed by atoms with Gasteiger partial charge in [0, 0.05) is 11.1 Å². The smallest absolute Gasteiger partial charge is 0.169 e. The third-order valence-electron chi connectivity index (χ3n) is 1.70. The number of aliphatic hydroxyl groups is 1. The van der Waals surface area contributed by atoms with Crippen molar-refractivity contribution in [2.75, 3.05) is 0 Å². The van der Waals surface area contributed by atoms with Crippen LogP contribution in [0.25, 0.3) is 0 Å². The summed E-state index contributed by atoms with van der Waals surface area (Å²) in [5.74, 6) is 5.65. The van der Waals surface area contributed by atoms with Gasteiger partial charge in [0.2, 0.25) is 0 Å². The molecule has 1 rings (SSSR count). The molecule has 2 N–H and O–H groups in total. The maximum absolute atomic E-state index is 9.56. The lowest BCUT2D eigenvalue weighted by molar-refractivity contribution is 0.157. The Morgan fingerprint density at radius 2 is 1.80 bits per heavy atom. The molecule has 0 radical (unpaired) electrons. The SMILES string of the molecule is CC(C)(C)NC(O)C#Cc1ccccc1. The lowest BCUT2D eigenvalue weighted by Crippen LogP contribution is -2.42. The van der Waals surface area contributed by atoms with Crippen molar-refractivity contribution in [3.8, 4) is 11.8 Å². The summed E-state index contributed by atoms with van der Waals surface area (Å²) in [7, 11) is 0. The summed E-state index contributed by atoms with van der Waals surface area (Å²) in [6, 6.07) is 9.61. The Morgan fingerprint density at radius 1 is 1.20 bits per heavy atom. The van der Waals surface area contributed by atoms with Crippen molar-refractivity contribution in [1.82, 2.24) is 5.32 Å². The Hall–Kier alpha value is -1.30. The van der Waals surface area contributed by atoms with Crippen LogP contribution in [0.5, 0.6) is 0 Å². The topological polar surface area (TPSA) is 32.3 Å². The van der Waals surface area contributed by atoms with Crippen LogP contribution in [0.2, 0.25) is 0 Å². The van der Waals surface area contributed by atoms with Crippen LogP contribution < -0.4 is 5.32 Å². The minimum atomic E-state index is -0.787. The van der Waals surface area contributed by atoms with E-state index in [0.29, 0.717) is 0 Å². The van der Waals surface area contributed by atoms with Gasteiger partial charge in [-0.25, -0.2) is 0 Å². The number of aliphatic hydroxyl groups excluding tert-OH is 1. The summed E-state index contributed by atoms with van der Waals surface area (Å²) in [5.41, 5.74) is 0.775. The third-order valence-corrected chi connectivity index (χ3v) is 1.70. The van der Waals surface area contributed by atoms with Crippen LogP contribution in [-0.4, -0.2) is 16.9 Å². The summed E-state index contributed by atoms with van der Waals surface area (Å²) in [6.07, 6.45) is -0.787. The van der Waals surface area contributed by atoms with Gasteiger partial charge in [-0.15, -0.1) is 0 Å². The Morgan fingerprint density at radius 3 is 2.33 bits per heavy atom. The van der Waals surface area contributed by atoms with Gasteiger partial charge in [0.05, 0.1) is 0 Å². The van der Waals surface area contributed by atoms with Crippen LogP contribution >= 0.6 is 0 Å². The molecule has 1 unspecified atom stereocenters. The molecule has 0 spiro atoms. The fraction of sp³-hybridized carbons (Fsp3) is 0.385. The fourth-order valence-electron chi connectivity index (χ4n) is 1.12. The van der Waals surface area contributed by atoms with Gasteiger partial charge in [0.25, 0.3) is 0 Å². The predicted molar refractivity (Wildman–Crippen MR) is 62.2 cm³/mol. The molecular weight excluding hydrogens is 186 g/mol. The fourth-order valence-corrected chi connectivity index (χ4v) is 1.12. The van der Waals surface area contributed by atoms with Crippen LogP contribution in [0.4, 0.5) is 0 Å². The molecule has 1 aromatic rings. The zero-order chi connectivity index (χ0) is 11.3. The van der Waals surface area contributed by atoms with Gasteiger partial charge in [-0.2, -0.15) is 0 Å². The minimum absolute atomic E-state index is 0.134. The zero-order valence-corrected chi connectivity index (χ0v) is 9.41. The quantitative estimate of drug-likeness (QED) is 0.538. The van der Waals surface area contributed by atoms with Gasteiger partial charge in [0.15, 0.2) is 6.23 Å². The maximum atomic E-state index is 9.56. The van der Waals surface area contributed by atoms with Crippen molar-refractivity contribution in [3.05, 3.63) is 35.9 Å². The second kappa shape index (κ2) is 4.97. The third kappa shape index (κ3) is 5.21. The van der Waals surface area contributed by atoms with E-state index in [0.717, 1.165) is 5.56 Å². The zero-order valence-electron chi connectivity index (χ0n) is 9.41. The first-order valence-electron chi connectivity index (χ1n) is 5.00. The summed E-state index contributed by atoms with van der Waals surface area (Å²) < 4.78 is 0. The van der Waals surface area contributed by atoms with Gasteiger partial charge >= 0.3 is 0 Å². The molecule has 2 heteroatoms. The van der Waals surface area contributed by atoms with Crippen molar-refractivity contribution >= 4 is 0 Å². The molecule has 0 aliphatic rings. The molecule has 0 aliphatic heterocycles. The van der Waals surface area contributed by atoms with Crippen molar-refractivity contribution in [3.63, 3.8) is 0 Å². The van der Waals surface area contributed by atoms with E-state index in [1.54, 1.807) is 0 Å². The molecule has 15 heavy (non-hydrogen) atoms. The van der Waals surface area contributed by atoms with Gasteiger partial charge in [-0.1, -0.05) is 24.1 Å². The van der Waals surface area contributed by atoms with E-state index in [2.05, 4.69) is 17.2 Å². The predicted octanol–water partition coefficient (Wildman–Crippen LogP) is 1.74. The lowest BCUT2D eigenvalue weighted by atomic mass is 10.1. The number of nitrogens with one attached hydrogen (secondary N) is 1. The van der Waals surface area contributed by atoms with E-state index >= 15 is 0 Å². The highest BCUT2D eigenvalue weighted by atomic mass is 16.3. The lowest BCUT2D eigenvalue weighted by Gasteiger charge is -2.21. The first kappa shape index (κ1) is 11.8. The summed E-state index contributed by atoms with van der Waals surface area (Å²) in [4.78, 5) is 0. The molecule has 0 saturated carbocycles. The van der Waals surface area contributed by atoms with Gasteiger partial charge in [-0.05, 0) is 38.8 Å². The first-order chi connectivity index (χ1) is 6.97. The monoisotopic (exact) mass is 203 g/mol. The van der Waals surface area contributed by atoms with Crippen LogP contribution in [-0.2, 0) is 0 Å². The Bertz CT molecular complexity index is 354. The molecule has 80 valence electrons. The van der Waals surface area contributed by atoms with E-state index in [4.69, 9.17) is 0 Å². The first-order valence-corrected chi connectivity index (χ1v) is 5.00. The van der Waals surface area contributed by atoms with Crippen LogP contribution in [0.1, 0.15) is 26.3 Å². The van der Waals surface area contributed by atoms with Crippen molar-refractivity contribution in [1.29, 1.82) is 0 Å². The van der Waals surface area contributed by atoms with E-state index in [9.17, 15) is 5.11 Å². The second-order valence-corrected chi connectivity index (χ2v) is 4.43. The molecule has 0 bridgehead atoms. The summed E-state index contributed by atoms with van der Waals surface area (Å²) in [5, 5.41) is 12.5. The number of benzene rings is 1. The molecule has 2 nitrogen and oxygen atoms in total. The summed E-state index contributed by atoms with van der Waals surface area (Å²) in [6.45, 7) is 5.96. The molecule has 0 amide bonds. The normalized spacial score (nSPS) is 12.8. The van der Waals surface area contributed by atoms with Gasteiger partial charge in [0.1, 0.15) is 0 Å². The molecule has 0 aliphatic carbocycles. The van der Waals surface area contributed by atoms with Crippen molar-refractivity contribution in [2.24, 2.45) is 0 Å². The highest BCUT2D eigenvalue weighted by Gasteiger charge is 2.12. The second-order valence-electron chi connectivity index (χ2n) is 4.43. The summed E-state index contributed by atoms with van der Waals surface area (Å²) >= 11 is 0. The Labute approximate surface area is 91.3 Å². The molecule has 0 fully saturated rings. The van der Waals surface area contributed by atoms with E-state index < -0.39 is 6.23 Å². The Balaban J connectivity index is 2.59. The van der Waals surface area contributed by atoms with Crippen LogP contribution in [0, 0.1) is 11.8 Å². The average molecular weight is 203 g/mol. The molecule has 0 saturated heterocycles. The minimum Gasteiger partial charge on any atom is -0.367 e. The standard InChI is InChI=1S/C13H17NO/c1-13(2,3)14-12(15)10-9-11-7-5-4-6-8-11/h4-8,12,14-15H,1-3H3. The maximum Gasteiger partial charge on any atom is 0.169 e. The van der Waals surface area contributed by atoms with Gasteiger partial charge < -0.3 is 5.11 Å². The molecule has 0 heterocycles. The average Bonchev–Trinajstić information content (AvgIpc) is 2.14. The molecule has 0 aromatic heterocycles. The largest absolute Gasteiger partial charge is 0.367 e. The highest BCUT2D eigenvalue weighted by molar-refractivity contribution is 5.34. The number of hydrogen-bond acceptors (Lipinski definition) is 2. The van der Waals surface area contributed by atoms with Gasteiger partial charge in [-0.3, -0.25) is 5.32 Å².